The van der Waals surface area contributed by atoms with E-state index in [1.54, 1.807) is 70.2 Å². The van der Waals surface area contributed by atoms with Gasteiger partial charge in [0, 0.05) is 53.5 Å². The van der Waals surface area contributed by atoms with Crippen LogP contribution in [0.2, 0.25) is 10.0 Å². The van der Waals surface area contributed by atoms with Gasteiger partial charge in [0.1, 0.15) is 48.6 Å². The minimum Gasteiger partial charge on any atom is -0.489 e. The van der Waals surface area contributed by atoms with Crippen LogP contribution in [0.25, 0.3) is 0 Å². The molecule has 0 unspecified atom stereocenters. The van der Waals surface area contributed by atoms with Gasteiger partial charge in [-0.25, -0.2) is 0 Å². The SMILES string of the molecule is CC(=O)N[C@@H]1CSCCNC(=O)[C@@H]2CCCN2C(=O)[C@H](C(C)C)NC(=O)[C@H](CC(N)=O)NC(=O)[C@H](C(C)C)NC(=O)[C@H](Cc2ccc(OCc3c(Cl)cccc3Cl)cc2)NC1=O. The molecule has 17 nitrogen and oxygen atoms in total. The number of ether oxygens (including phenoxy) is 1. The number of hydrogen-bond donors (Lipinski definition) is 7. The lowest BCUT2D eigenvalue weighted by Gasteiger charge is -2.32. The number of primary amides is 1. The number of nitrogens with two attached hydrogens (primary N) is 1. The number of thioether (sulfide) groups is 1. The highest BCUT2D eigenvalue weighted by Gasteiger charge is 2.40. The summed E-state index contributed by atoms with van der Waals surface area (Å²) in [6.07, 6.45) is 0.252. The zero-order valence-corrected chi connectivity index (χ0v) is 37.7. The molecule has 8 N–H and O–H groups in total. The van der Waals surface area contributed by atoms with Crippen LogP contribution in [-0.4, -0.2) is 113 Å². The van der Waals surface area contributed by atoms with Crippen LogP contribution < -0.4 is 42.4 Å². The average Bonchev–Trinajstić information content (AvgIpc) is 3.70. The number of fused-ring (bicyclic) bond motifs is 1. The summed E-state index contributed by atoms with van der Waals surface area (Å²) in [6.45, 7) is 8.53. The number of benzene rings is 2. The summed E-state index contributed by atoms with van der Waals surface area (Å²) in [5.74, 6) is -5.58. The van der Waals surface area contributed by atoms with Crippen molar-refractivity contribution in [1.82, 2.24) is 36.8 Å². The lowest BCUT2D eigenvalue weighted by molar-refractivity contribution is -0.143. The molecule has 2 heterocycles. The first-order chi connectivity index (χ1) is 29.4. The Bertz CT molecular complexity index is 1950. The van der Waals surface area contributed by atoms with E-state index >= 15 is 0 Å². The standard InChI is InChI=1S/C42H56Cl2N8O9S/c1-22(2)35-41(59)49-31(19-34(45)54)38(56)51-36(23(3)4)42(60)52-16-7-10-33(52)40(58)46-15-17-62-21-32(47-24(5)53)39(57)48-30(37(55)50-35)18-25-11-13-26(14-12-25)61-20-27-28(43)8-6-9-29(27)44/h6,8-9,11-14,22-23,30-33,35-36H,7,10,15-21H2,1-5H3,(H2,45,54)(H,46,58)(H,47,53)(H,48,57)(H,49,59)(H,50,55)(H,51,56)/t30-,31-,32+,33-,35-,36-/m0/s1. The number of rotatable bonds is 10. The first-order valence-corrected chi connectivity index (χ1v) is 22.3. The molecule has 6 atom stereocenters. The van der Waals surface area contributed by atoms with E-state index in [1.165, 1.54) is 23.6 Å². The average molecular weight is 920 g/mol. The van der Waals surface area contributed by atoms with Crippen LogP contribution in [-0.2, 0) is 51.4 Å². The van der Waals surface area contributed by atoms with Gasteiger partial charge in [0.25, 0.3) is 0 Å². The Morgan fingerprint density at radius 3 is 2.06 bits per heavy atom. The van der Waals surface area contributed by atoms with Crippen molar-refractivity contribution in [3.05, 3.63) is 63.6 Å². The molecule has 62 heavy (non-hydrogen) atoms. The Balaban J connectivity index is 1.65. The van der Waals surface area contributed by atoms with Gasteiger partial charge in [-0.3, -0.25) is 38.4 Å². The van der Waals surface area contributed by atoms with Gasteiger partial charge < -0.3 is 47.3 Å². The van der Waals surface area contributed by atoms with Crippen molar-refractivity contribution >= 4 is 82.2 Å². The van der Waals surface area contributed by atoms with E-state index in [0.29, 0.717) is 45.5 Å². The van der Waals surface area contributed by atoms with Crippen LogP contribution in [0.3, 0.4) is 0 Å². The molecule has 2 aliphatic heterocycles. The summed E-state index contributed by atoms with van der Waals surface area (Å²) >= 11 is 13.9. The topological polar surface area (TPSA) is 247 Å². The number of nitrogens with zero attached hydrogens (tertiary/aromatic N) is 1. The second kappa shape index (κ2) is 23.4. The second-order valence-electron chi connectivity index (χ2n) is 15.9. The first-order valence-electron chi connectivity index (χ1n) is 20.4. The highest BCUT2D eigenvalue weighted by molar-refractivity contribution is 7.99. The number of hydrogen-bond acceptors (Lipinski definition) is 10. The van der Waals surface area contributed by atoms with Gasteiger partial charge >= 0.3 is 0 Å². The summed E-state index contributed by atoms with van der Waals surface area (Å²) in [7, 11) is 0. The maximum atomic E-state index is 14.2. The molecule has 4 rings (SSSR count). The molecule has 2 aliphatic rings. The number of halogens is 2. The minimum absolute atomic E-state index is 0.0674. The summed E-state index contributed by atoms with van der Waals surface area (Å²) in [6, 6.07) is 4.71. The monoisotopic (exact) mass is 918 g/mol. The lowest BCUT2D eigenvalue weighted by atomic mass is 9.99. The fourth-order valence-corrected chi connectivity index (χ4v) is 8.36. The molecule has 0 aliphatic carbocycles. The largest absolute Gasteiger partial charge is 0.489 e. The molecular formula is C42H56Cl2N8O9S. The predicted octanol–water partition coefficient (Wildman–Crippen LogP) is 1.60. The van der Waals surface area contributed by atoms with Crippen molar-refractivity contribution in [3.8, 4) is 5.75 Å². The lowest BCUT2D eigenvalue weighted by Crippen LogP contribution is -2.61. The Kier molecular flexibility index (Phi) is 18.7. The van der Waals surface area contributed by atoms with Gasteiger partial charge in [-0.15, -0.1) is 0 Å². The van der Waals surface area contributed by atoms with Gasteiger partial charge in [-0.1, -0.05) is 69.1 Å². The Morgan fingerprint density at radius 2 is 1.45 bits per heavy atom. The summed E-state index contributed by atoms with van der Waals surface area (Å²) in [5, 5.41) is 17.0. The van der Waals surface area contributed by atoms with E-state index in [1.807, 2.05) is 0 Å². The first kappa shape index (κ1) is 49.6. The van der Waals surface area contributed by atoms with Crippen LogP contribution in [0.15, 0.2) is 42.5 Å². The zero-order valence-electron chi connectivity index (χ0n) is 35.4. The molecule has 20 heteroatoms. The highest BCUT2D eigenvalue weighted by atomic mass is 35.5. The second-order valence-corrected chi connectivity index (χ2v) is 17.9. The van der Waals surface area contributed by atoms with Crippen molar-refractivity contribution in [2.75, 3.05) is 24.6 Å². The predicted molar refractivity (Wildman–Crippen MR) is 235 cm³/mol. The fourth-order valence-electron chi connectivity index (χ4n) is 6.97. The van der Waals surface area contributed by atoms with E-state index < -0.39 is 95.9 Å². The quantitative estimate of drug-likeness (QED) is 0.182. The van der Waals surface area contributed by atoms with Crippen LogP contribution in [0.4, 0.5) is 0 Å². The number of carbonyl (C=O) groups excluding carboxylic acids is 8. The Labute approximate surface area is 375 Å². The van der Waals surface area contributed by atoms with Gasteiger partial charge in [0.15, 0.2) is 0 Å². The van der Waals surface area contributed by atoms with E-state index in [-0.39, 0.29) is 37.8 Å². The van der Waals surface area contributed by atoms with Crippen LogP contribution in [0.1, 0.15) is 65.0 Å². The normalized spacial score (nSPS) is 23.8. The van der Waals surface area contributed by atoms with Crippen LogP contribution >= 0.6 is 35.0 Å². The van der Waals surface area contributed by atoms with E-state index in [2.05, 4.69) is 31.9 Å². The Morgan fingerprint density at radius 1 is 0.839 bits per heavy atom. The molecule has 0 bridgehead atoms. The third-order valence-corrected chi connectivity index (χ3v) is 12.1. The van der Waals surface area contributed by atoms with Gasteiger partial charge in [0.2, 0.25) is 47.3 Å². The molecule has 2 saturated heterocycles. The Hall–Kier alpha value is -5.07. The molecule has 0 radical (unpaired) electrons. The number of nitrogens with one attached hydrogen (secondary N) is 6. The van der Waals surface area contributed by atoms with Crippen molar-refractivity contribution in [1.29, 1.82) is 0 Å². The molecule has 0 spiro atoms. The van der Waals surface area contributed by atoms with Crippen molar-refractivity contribution in [2.45, 2.75) is 103 Å². The third kappa shape index (κ3) is 14.2. The van der Waals surface area contributed by atoms with Crippen LogP contribution in [0.5, 0.6) is 5.75 Å². The molecular weight excluding hydrogens is 863 g/mol. The van der Waals surface area contributed by atoms with E-state index in [0.717, 1.165) is 0 Å². The molecule has 2 aromatic carbocycles. The minimum atomic E-state index is -1.54. The third-order valence-electron chi connectivity index (χ3n) is 10.3. The van der Waals surface area contributed by atoms with Gasteiger partial charge in [0.05, 0.1) is 6.42 Å². The number of carbonyl (C=O) groups is 8. The maximum absolute atomic E-state index is 14.2. The van der Waals surface area contributed by atoms with E-state index in [4.69, 9.17) is 33.7 Å². The van der Waals surface area contributed by atoms with Crippen LogP contribution in [0, 0.1) is 11.8 Å². The molecule has 2 aromatic rings. The van der Waals surface area contributed by atoms with Crippen molar-refractivity contribution in [3.63, 3.8) is 0 Å². The highest BCUT2D eigenvalue weighted by Crippen LogP contribution is 2.26. The maximum Gasteiger partial charge on any atom is 0.246 e. The van der Waals surface area contributed by atoms with Crippen molar-refractivity contribution in [2.24, 2.45) is 17.6 Å². The summed E-state index contributed by atoms with van der Waals surface area (Å²) < 4.78 is 5.90. The molecule has 8 amide bonds. The molecule has 338 valence electrons. The van der Waals surface area contributed by atoms with Crippen molar-refractivity contribution < 1.29 is 43.1 Å². The fraction of sp³-hybridized carbons (Fsp3) is 0.524. The zero-order chi connectivity index (χ0) is 45.7. The molecule has 0 aromatic heterocycles. The summed E-state index contributed by atoms with van der Waals surface area (Å²) in [4.78, 5) is 109. The van der Waals surface area contributed by atoms with Gasteiger partial charge in [-0.05, 0) is 54.5 Å². The number of amides is 8. The molecule has 0 saturated carbocycles. The van der Waals surface area contributed by atoms with E-state index in [9.17, 15) is 38.4 Å². The molecule has 2 fully saturated rings. The smallest absolute Gasteiger partial charge is 0.246 e. The summed E-state index contributed by atoms with van der Waals surface area (Å²) in [5.41, 5.74) is 6.70. The van der Waals surface area contributed by atoms with Gasteiger partial charge in [-0.2, -0.15) is 11.8 Å².